The van der Waals surface area contributed by atoms with Gasteiger partial charge in [0.15, 0.2) is 0 Å². The first-order chi connectivity index (χ1) is 9.56. The normalized spacial score (nSPS) is 12.0. The van der Waals surface area contributed by atoms with Crippen LogP contribution in [0.4, 0.5) is 0 Å². The maximum atomic E-state index is 3.83. The van der Waals surface area contributed by atoms with E-state index in [2.05, 4.69) is 35.7 Å². The van der Waals surface area contributed by atoms with Crippen molar-refractivity contribution in [1.82, 2.24) is 0 Å². The highest BCUT2D eigenvalue weighted by Crippen LogP contribution is 2.59. The minimum atomic E-state index is -0.688. The predicted octanol–water partition coefficient (Wildman–Crippen LogP) is 8.05. The van der Waals surface area contributed by atoms with Crippen molar-refractivity contribution in [2.45, 2.75) is 96.8 Å². The Hall–Kier alpha value is 0.910. The van der Waals surface area contributed by atoms with Crippen LogP contribution in [0.2, 0.25) is 0 Å². The smallest absolute Gasteiger partial charge is 0.0654 e. The van der Waals surface area contributed by atoms with Crippen LogP contribution in [0.15, 0.2) is 0 Å². The van der Waals surface area contributed by atoms with Crippen molar-refractivity contribution in [1.29, 1.82) is 0 Å². The van der Waals surface area contributed by atoms with Crippen LogP contribution < -0.4 is 0 Å². The molecule has 0 aliphatic carbocycles. The van der Waals surface area contributed by atoms with Crippen molar-refractivity contribution in [3.63, 3.8) is 0 Å². The highest BCUT2D eigenvalue weighted by Gasteiger charge is 2.19. The minimum Gasteiger partial charge on any atom is -0.0654 e. The predicted molar refractivity (Wildman–Crippen MR) is 103 cm³/mol. The first kappa shape index (κ1) is 20.9. The Balaban J connectivity index is 2.99. The molecule has 0 amide bonds. The van der Waals surface area contributed by atoms with Crippen LogP contribution in [0, 0.1) is 0 Å². The van der Waals surface area contributed by atoms with Gasteiger partial charge in [-0.05, 0) is 12.8 Å². The molecular weight excluding hydrogens is 327 g/mol. The van der Waals surface area contributed by atoms with E-state index in [1.165, 1.54) is 96.1 Å². The molecule has 122 valence electrons. The Kier molecular flexibility index (Phi) is 15.5. The van der Waals surface area contributed by atoms with Crippen molar-refractivity contribution < 1.29 is 0 Å². The molecule has 2 heteroatoms. The molecule has 0 aromatic carbocycles. The van der Waals surface area contributed by atoms with E-state index in [0.29, 0.717) is 0 Å². The van der Waals surface area contributed by atoms with Gasteiger partial charge in [0.05, 0.1) is 25.5 Å². The second-order valence-electron chi connectivity index (χ2n) is 6.86. The molecular formula is C18H39BrP+. The Bertz CT molecular complexity index is 186. The highest BCUT2D eigenvalue weighted by atomic mass is 79.9. The fourth-order valence-corrected chi connectivity index (χ4v) is 4.41. The van der Waals surface area contributed by atoms with Crippen LogP contribution in [-0.4, -0.2) is 19.5 Å². The zero-order valence-corrected chi connectivity index (χ0v) is 16.9. The van der Waals surface area contributed by atoms with Crippen LogP contribution in [0.3, 0.4) is 0 Å². The maximum absolute atomic E-state index is 3.83. The Morgan fingerprint density at radius 3 is 1.15 bits per heavy atom. The monoisotopic (exact) mass is 365 g/mol. The summed E-state index contributed by atoms with van der Waals surface area (Å²) in [4.78, 5) is 0. The largest absolute Gasteiger partial charge is 0.138 e. The lowest BCUT2D eigenvalue weighted by Gasteiger charge is -2.07. The molecule has 20 heavy (non-hydrogen) atoms. The fourth-order valence-electron chi connectivity index (χ4n) is 2.68. The number of unbranched alkanes of at least 4 members (excludes halogenated alkanes) is 13. The second-order valence-corrected chi connectivity index (χ2v) is 16.1. The molecule has 0 aliphatic heterocycles. The van der Waals surface area contributed by atoms with E-state index in [0.717, 1.165) is 0 Å². The SMILES string of the molecule is CCCCCCCCCCCCCCCC[P+](C)(C)Br. The fraction of sp³-hybridized carbons (Fsp3) is 1.00. The zero-order valence-electron chi connectivity index (χ0n) is 14.4. The molecule has 0 spiro atoms. The second kappa shape index (κ2) is 14.8. The Morgan fingerprint density at radius 1 is 0.550 bits per heavy atom. The third-order valence-corrected chi connectivity index (χ3v) is 6.49. The molecule has 0 radical (unpaired) electrons. The van der Waals surface area contributed by atoms with Gasteiger partial charge in [-0.1, -0.05) is 84.0 Å². The summed E-state index contributed by atoms with van der Waals surface area (Å²) in [5, 5.41) is 0. The first-order valence-corrected chi connectivity index (χ1v) is 14.0. The van der Waals surface area contributed by atoms with Gasteiger partial charge < -0.3 is 0 Å². The molecule has 0 aliphatic rings. The third-order valence-electron chi connectivity index (χ3n) is 4.04. The van der Waals surface area contributed by atoms with Crippen LogP contribution in [0.5, 0.6) is 0 Å². The molecule has 0 heterocycles. The van der Waals surface area contributed by atoms with Gasteiger partial charge >= 0.3 is 0 Å². The van der Waals surface area contributed by atoms with E-state index in [1.54, 1.807) is 0 Å². The zero-order chi connectivity index (χ0) is 15.1. The van der Waals surface area contributed by atoms with Gasteiger partial charge in [0, 0.05) is 0 Å². The number of hydrogen-bond acceptors (Lipinski definition) is 0. The van der Waals surface area contributed by atoms with E-state index >= 15 is 0 Å². The minimum absolute atomic E-state index is 0.688. The summed E-state index contributed by atoms with van der Waals surface area (Å²) in [5.41, 5.74) is 0. The van der Waals surface area contributed by atoms with Crippen LogP contribution in [-0.2, 0) is 0 Å². The lowest BCUT2D eigenvalue weighted by atomic mass is 10.0. The average Bonchev–Trinajstić information content (AvgIpc) is 2.38. The first-order valence-electron chi connectivity index (χ1n) is 9.09. The van der Waals surface area contributed by atoms with Crippen LogP contribution >= 0.6 is 21.5 Å². The molecule has 0 N–H and O–H groups in total. The highest BCUT2D eigenvalue weighted by molar-refractivity contribution is 9.42. The molecule has 0 saturated heterocycles. The molecule has 0 bridgehead atoms. The molecule has 0 fully saturated rings. The van der Waals surface area contributed by atoms with E-state index in [-0.39, 0.29) is 0 Å². The van der Waals surface area contributed by atoms with Crippen LogP contribution in [0.25, 0.3) is 0 Å². The van der Waals surface area contributed by atoms with E-state index in [9.17, 15) is 0 Å². The van der Waals surface area contributed by atoms with Gasteiger partial charge in [0.2, 0.25) is 0 Å². The number of rotatable bonds is 15. The van der Waals surface area contributed by atoms with E-state index in [1.807, 2.05) is 0 Å². The van der Waals surface area contributed by atoms with Gasteiger partial charge in [-0.3, -0.25) is 0 Å². The summed E-state index contributed by atoms with van der Waals surface area (Å²) in [7, 11) is 0. The maximum Gasteiger partial charge on any atom is 0.138 e. The molecule has 0 aromatic rings. The van der Waals surface area contributed by atoms with Gasteiger partial charge in [-0.15, -0.1) is 0 Å². The topological polar surface area (TPSA) is 0 Å². The summed E-state index contributed by atoms with van der Waals surface area (Å²) in [5.74, 6) is -0.688. The van der Waals surface area contributed by atoms with Gasteiger partial charge in [-0.2, -0.15) is 0 Å². The van der Waals surface area contributed by atoms with E-state index < -0.39 is 5.96 Å². The molecule has 0 nitrogen and oxygen atoms in total. The summed E-state index contributed by atoms with van der Waals surface area (Å²) >= 11 is 3.83. The van der Waals surface area contributed by atoms with Crippen molar-refractivity contribution in [2.24, 2.45) is 0 Å². The van der Waals surface area contributed by atoms with Gasteiger partial charge in [0.1, 0.15) is 15.5 Å². The van der Waals surface area contributed by atoms with Crippen molar-refractivity contribution in [2.75, 3.05) is 19.5 Å². The molecule has 0 atom stereocenters. The quantitative estimate of drug-likeness (QED) is 0.203. The Labute approximate surface area is 138 Å². The molecule has 0 saturated carbocycles. The lowest BCUT2D eigenvalue weighted by Crippen LogP contribution is -1.88. The van der Waals surface area contributed by atoms with Crippen LogP contribution in [0.1, 0.15) is 96.8 Å². The third kappa shape index (κ3) is 18.9. The summed E-state index contributed by atoms with van der Waals surface area (Å²) in [6, 6.07) is 0. The summed E-state index contributed by atoms with van der Waals surface area (Å²) < 4.78 is 0. The van der Waals surface area contributed by atoms with Crippen molar-refractivity contribution in [3.05, 3.63) is 0 Å². The standard InChI is InChI=1S/C18H39BrP/c1-4-5-6-7-8-9-10-11-12-13-14-15-16-17-18-20(2,3)19/h4-18H2,1-3H3/q+1. The van der Waals surface area contributed by atoms with Crippen molar-refractivity contribution in [3.8, 4) is 0 Å². The molecule has 0 rings (SSSR count). The lowest BCUT2D eigenvalue weighted by molar-refractivity contribution is 0.538. The summed E-state index contributed by atoms with van der Waals surface area (Å²) in [6.45, 7) is 7.06. The number of hydrogen-bond donors (Lipinski definition) is 0. The summed E-state index contributed by atoms with van der Waals surface area (Å²) in [6.07, 6.45) is 21.9. The molecule has 0 unspecified atom stereocenters. The molecule has 0 aromatic heterocycles. The van der Waals surface area contributed by atoms with Gasteiger partial charge in [-0.25, -0.2) is 0 Å². The van der Waals surface area contributed by atoms with E-state index in [4.69, 9.17) is 0 Å². The van der Waals surface area contributed by atoms with Crippen molar-refractivity contribution >= 4 is 21.5 Å². The average molecular weight is 366 g/mol. The number of halogens is 1. The Morgan fingerprint density at radius 2 is 0.850 bits per heavy atom. The van der Waals surface area contributed by atoms with Gasteiger partial charge in [0.25, 0.3) is 0 Å².